The second-order valence-corrected chi connectivity index (χ2v) is 5.52. The fraction of sp³-hybridized carbons (Fsp3) is 0.273. The molecule has 0 aliphatic rings. The van der Waals surface area contributed by atoms with Crippen molar-refractivity contribution < 1.29 is 9.47 Å². The molecule has 0 heterocycles. The van der Waals surface area contributed by atoms with Gasteiger partial charge in [0.25, 0.3) is 0 Å². The Kier molecular flexibility index (Phi) is 7.69. The van der Waals surface area contributed by atoms with Crippen molar-refractivity contribution in [2.75, 3.05) is 13.2 Å². The molecule has 0 saturated carbocycles. The molecule has 0 aliphatic heterocycles. The Morgan fingerprint density at radius 1 is 0.792 bits per heavy atom. The van der Waals surface area contributed by atoms with E-state index in [1.54, 1.807) is 0 Å². The normalized spacial score (nSPS) is 11.2. The van der Waals surface area contributed by atoms with Crippen LogP contribution < -0.4 is 9.47 Å². The maximum absolute atomic E-state index is 5.70. The van der Waals surface area contributed by atoms with E-state index in [1.807, 2.05) is 55.5 Å². The van der Waals surface area contributed by atoms with Gasteiger partial charge in [-0.2, -0.15) is 0 Å². The predicted molar refractivity (Wildman–Crippen MR) is 102 cm³/mol. The molecule has 2 nitrogen and oxygen atoms in total. The zero-order chi connectivity index (χ0) is 17.0. The van der Waals surface area contributed by atoms with Crippen molar-refractivity contribution in [3.63, 3.8) is 0 Å². The van der Waals surface area contributed by atoms with Crippen LogP contribution >= 0.6 is 0 Å². The number of unbranched alkanes of at least 4 members (excludes halogenated alkanes) is 1. The molecule has 126 valence electrons. The van der Waals surface area contributed by atoms with E-state index in [9.17, 15) is 0 Å². The van der Waals surface area contributed by atoms with Crippen molar-refractivity contribution in [2.45, 2.75) is 26.7 Å². The highest BCUT2D eigenvalue weighted by Crippen LogP contribution is 2.24. The minimum atomic E-state index is 0.577. The Labute approximate surface area is 145 Å². The number of hydrogen-bond donors (Lipinski definition) is 0. The number of benzene rings is 2. The number of ether oxygens (including phenoxy) is 2. The van der Waals surface area contributed by atoms with Crippen LogP contribution in [0.15, 0.2) is 72.8 Å². The molecule has 0 bridgehead atoms. The molecule has 0 radical (unpaired) electrons. The molecule has 0 N–H and O–H groups in total. The highest BCUT2D eigenvalue weighted by molar-refractivity contribution is 5.64. The SMILES string of the molecule is C/C=C/C=C/COc1ccc(-c2ccc(OCCCC)cc2)cc1. The molecule has 0 fully saturated rings. The van der Waals surface area contributed by atoms with Crippen LogP contribution in [0, 0.1) is 0 Å². The predicted octanol–water partition coefficient (Wildman–Crippen LogP) is 6.04. The molecule has 0 amide bonds. The van der Waals surface area contributed by atoms with E-state index in [2.05, 4.69) is 31.2 Å². The monoisotopic (exact) mass is 322 g/mol. The fourth-order valence-electron chi connectivity index (χ4n) is 2.21. The molecule has 0 atom stereocenters. The number of hydrogen-bond acceptors (Lipinski definition) is 2. The molecule has 0 spiro atoms. The van der Waals surface area contributed by atoms with Crippen LogP contribution in [0.5, 0.6) is 11.5 Å². The zero-order valence-electron chi connectivity index (χ0n) is 14.6. The van der Waals surface area contributed by atoms with Gasteiger partial charge >= 0.3 is 0 Å². The lowest BCUT2D eigenvalue weighted by Crippen LogP contribution is -1.96. The molecule has 0 unspecified atom stereocenters. The molecular weight excluding hydrogens is 296 g/mol. The minimum absolute atomic E-state index is 0.577. The first kappa shape index (κ1) is 17.9. The summed E-state index contributed by atoms with van der Waals surface area (Å²) in [6.07, 6.45) is 10.2. The third-order valence-corrected chi connectivity index (χ3v) is 3.59. The van der Waals surface area contributed by atoms with Crippen LogP contribution in [0.4, 0.5) is 0 Å². The van der Waals surface area contributed by atoms with E-state index >= 15 is 0 Å². The molecular formula is C22H26O2. The van der Waals surface area contributed by atoms with Gasteiger partial charge in [-0.05, 0) is 54.8 Å². The topological polar surface area (TPSA) is 18.5 Å². The van der Waals surface area contributed by atoms with Gasteiger partial charge in [0.05, 0.1) is 6.61 Å². The largest absolute Gasteiger partial charge is 0.494 e. The summed E-state index contributed by atoms with van der Waals surface area (Å²) in [5.41, 5.74) is 2.35. The molecule has 0 saturated heterocycles. The average molecular weight is 322 g/mol. The third-order valence-electron chi connectivity index (χ3n) is 3.59. The minimum Gasteiger partial charge on any atom is -0.494 e. The summed E-state index contributed by atoms with van der Waals surface area (Å²) >= 11 is 0. The van der Waals surface area contributed by atoms with E-state index < -0.39 is 0 Å². The molecule has 2 heteroatoms. The summed E-state index contributed by atoms with van der Waals surface area (Å²) < 4.78 is 11.4. The lowest BCUT2D eigenvalue weighted by atomic mass is 10.1. The first-order chi connectivity index (χ1) is 11.8. The highest BCUT2D eigenvalue weighted by atomic mass is 16.5. The summed E-state index contributed by atoms with van der Waals surface area (Å²) in [4.78, 5) is 0. The quantitative estimate of drug-likeness (QED) is 0.413. The molecule has 24 heavy (non-hydrogen) atoms. The fourth-order valence-corrected chi connectivity index (χ4v) is 2.21. The van der Waals surface area contributed by atoms with Crippen LogP contribution in [-0.4, -0.2) is 13.2 Å². The molecule has 2 aromatic rings. The van der Waals surface area contributed by atoms with Crippen molar-refractivity contribution in [3.8, 4) is 22.6 Å². The summed E-state index contributed by atoms with van der Waals surface area (Å²) in [5.74, 6) is 1.81. The Morgan fingerprint density at radius 3 is 1.92 bits per heavy atom. The molecule has 0 aliphatic carbocycles. The van der Waals surface area contributed by atoms with Gasteiger partial charge in [0.1, 0.15) is 18.1 Å². The average Bonchev–Trinajstić information content (AvgIpc) is 2.63. The Hall–Kier alpha value is -2.48. The van der Waals surface area contributed by atoms with E-state index in [0.29, 0.717) is 6.61 Å². The highest BCUT2D eigenvalue weighted by Gasteiger charge is 2.00. The number of rotatable bonds is 9. The van der Waals surface area contributed by atoms with Gasteiger partial charge in [0.15, 0.2) is 0 Å². The Bertz CT molecular complexity index is 637. The van der Waals surface area contributed by atoms with E-state index in [0.717, 1.165) is 30.9 Å². The van der Waals surface area contributed by atoms with E-state index in [1.165, 1.54) is 11.1 Å². The van der Waals surface area contributed by atoms with Crippen LogP contribution in [0.1, 0.15) is 26.7 Å². The first-order valence-corrected chi connectivity index (χ1v) is 8.57. The zero-order valence-corrected chi connectivity index (χ0v) is 14.6. The van der Waals surface area contributed by atoms with E-state index in [4.69, 9.17) is 9.47 Å². The van der Waals surface area contributed by atoms with Gasteiger partial charge in [0, 0.05) is 0 Å². The van der Waals surface area contributed by atoms with E-state index in [-0.39, 0.29) is 0 Å². The standard InChI is InChI=1S/C22H26O2/c1-3-5-7-8-18-24-22-15-11-20(12-16-22)19-9-13-21(14-10-19)23-17-6-4-2/h3,5,7-16H,4,6,17-18H2,1-2H3/b5-3+,8-7+. The summed E-state index contributed by atoms with van der Waals surface area (Å²) in [6.45, 7) is 5.52. The van der Waals surface area contributed by atoms with Gasteiger partial charge in [-0.1, -0.05) is 55.8 Å². The van der Waals surface area contributed by atoms with Crippen LogP contribution in [0.2, 0.25) is 0 Å². The lowest BCUT2D eigenvalue weighted by Gasteiger charge is -2.08. The van der Waals surface area contributed by atoms with Crippen molar-refractivity contribution in [1.82, 2.24) is 0 Å². The van der Waals surface area contributed by atoms with Crippen LogP contribution in [-0.2, 0) is 0 Å². The van der Waals surface area contributed by atoms with Crippen LogP contribution in [0.3, 0.4) is 0 Å². The Morgan fingerprint density at radius 2 is 1.38 bits per heavy atom. The smallest absolute Gasteiger partial charge is 0.119 e. The second-order valence-electron chi connectivity index (χ2n) is 5.52. The van der Waals surface area contributed by atoms with Gasteiger partial charge in [-0.25, -0.2) is 0 Å². The first-order valence-electron chi connectivity index (χ1n) is 8.57. The van der Waals surface area contributed by atoms with Crippen molar-refractivity contribution in [1.29, 1.82) is 0 Å². The van der Waals surface area contributed by atoms with Crippen molar-refractivity contribution >= 4 is 0 Å². The van der Waals surface area contributed by atoms with Gasteiger partial charge in [0.2, 0.25) is 0 Å². The van der Waals surface area contributed by atoms with Gasteiger partial charge in [-0.15, -0.1) is 0 Å². The summed E-state index contributed by atoms with van der Waals surface area (Å²) in [7, 11) is 0. The number of allylic oxidation sites excluding steroid dienone is 3. The van der Waals surface area contributed by atoms with Crippen molar-refractivity contribution in [3.05, 3.63) is 72.8 Å². The van der Waals surface area contributed by atoms with Gasteiger partial charge in [-0.3, -0.25) is 0 Å². The maximum atomic E-state index is 5.70. The summed E-state index contributed by atoms with van der Waals surface area (Å²) in [6, 6.07) is 16.4. The second kappa shape index (κ2) is 10.3. The van der Waals surface area contributed by atoms with Crippen molar-refractivity contribution in [2.24, 2.45) is 0 Å². The van der Waals surface area contributed by atoms with Crippen LogP contribution in [0.25, 0.3) is 11.1 Å². The lowest BCUT2D eigenvalue weighted by molar-refractivity contribution is 0.309. The maximum Gasteiger partial charge on any atom is 0.119 e. The molecule has 2 aromatic carbocycles. The third kappa shape index (κ3) is 5.96. The molecule has 2 rings (SSSR count). The molecule has 0 aromatic heterocycles. The van der Waals surface area contributed by atoms with Gasteiger partial charge < -0.3 is 9.47 Å². The summed E-state index contributed by atoms with van der Waals surface area (Å²) in [5, 5.41) is 0. The Balaban J connectivity index is 1.90.